The number of rotatable bonds is 4. The van der Waals surface area contributed by atoms with E-state index in [-0.39, 0.29) is 0 Å². The van der Waals surface area contributed by atoms with Crippen LogP contribution in [0.15, 0.2) is 29.2 Å². The summed E-state index contributed by atoms with van der Waals surface area (Å²) in [5.74, 6) is 1.66. The van der Waals surface area contributed by atoms with Crippen molar-refractivity contribution >= 4 is 21.8 Å². The Hall–Kier alpha value is -2.23. The molecule has 0 aliphatic carbocycles. The highest BCUT2D eigenvalue weighted by molar-refractivity contribution is 7.89. The maximum absolute atomic E-state index is 13.3. The summed E-state index contributed by atoms with van der Waals surface area (Å²) < 4.78 is 33.7. The Morgan fingerprint density at radius 1 is 0.903 bits per heavy atom. The number of aromatic nitrogens is 2. The molecule has 0 spiro atoms. The van der Waals surface area contributed by atoms with Crippen LogP contribution in [-0.2, 0) is 27.7 Å². The summed E-state index contributed by atoms with van der Waals surface area (Å²) in [4.78, 5) is 14.7. The Morgan fingerprint density at radius 2 is 1.61 bits per heavy atom. The van der Waals surface area contributed by atoms with Crippen LogP contribution in [0.3, 0.4) is 0 Å². The summed E-state index contributed by atoms with van der Waals surface area (Å²) >= 11 is 0. The van der Waals surface area contributed by atoms with Gasteiger partial charge in [0.05, 0.1) is 23.8 Å². The van der Waals surface area contributed by atoms with Gasteiger partial charge in [-0.05, 0) is 31.9 Å². The quantitative estimate of drug-likeness (QED) is 0.715. The summed E-state index contributed by atoms with van der Waals surface area (Å²) in [6, 6.07) is 7.07. The lowest BCUT2D eigenvalue weighted by atomic mass is 10.1. The van der Waals surface area contributed by atoms with Crippen LogP contribution in [0.5, 0.6) is 0 Å². The van der Waals surface area contributed by atoms with Crippen LogP contribution in [0.4, 0.5) is 11.8 Å². The van der Waals surface area contributed by atoms with Crippen LogP contribution < -0.4 is 9.80 Å². The van der Waals surface area contributed by atoms with E-state index in [4.69, 9.17) is 14.7 Å². The van der Waals surface area contributed by atoms with Gasteiger partial charge in [-0.1, -0.05) is 17.7 Å². The van der Waals surface area contributed by atoms with Gasteiger partial charge in [-0.2, -0.15) is 9.29 Å². The number of nitrogens with zero attached hydrogens (tertiary/aromatic N) is 5. The molecule has 0 saturated carbocycles. The second-order valence-electron chi connectivity index (χ2n) is 8.47. The van der Waals surface area contributed by atoms with Crippen LogP contribution in [0.1, 0.15) is 29.7 Å². The second kappa shape index (κ2) is 8.37. The summed E-state index contributed by atoms with van der Waals surface area (Å²) in [7, 11) is -3.57. The minimum absolute atomic E-state index is 0.304. The molecule has 0 bridgehead atoms. The van der Waals surface area contributed by atoms with E-state index < -0.39 is 10.0 Å². The van der Waals surface area contributed by atoms with Crippen molar-refractivity contribution in [2.75, 3.05) is 55.7 Å². The van der Waals surface area contributed by atoms with E-state index in [0.717, 1.165) is 67.6 Å². The number of benzene rings is 1. The molecule has 5 rings (SSSR count). The van der Waals surface area contributed by atoms with Crippen molar-refractivity contribution in [1.29, 1.82) is 0 Å². The molecular formula is C22H29N5O3S. The van der Waals surface area contributed by atoms with Gasteiger partial charge in [-0.3, -0.25) is 0 Å². The number of morpholine rings is 1. The largest absolute Gasteiger partial charge is 0.378 e. The van der Waals surface area contributed by atoms with Gasteiger partial charge >= 0.3 is 0 Å². The lowest BCUT2D eigenvalue weighted by Crippen LogP contribution is -2.41. The van der Waals surface area contributed by atoms with Crippen molar-refractivity contribution in [2.24, 2.45) is 0 Å². The van der Waals surface area contributed by atoms with Crippen molar-refractivity contribution < 1.29 is 13.2 Å². The third-order valence-corrected chi connectivity index (χ3v) is 8.21. The summed E-state index contributed by atoms with van der Waals surface area (Å²) in [6.07, 6.45) is 2.92. The molecule has 2 fully saturated rings. The van der Waals surface area contributed by atoms with E-state index in [1.807, 2.05) is 19.1 Å². The molecule has 2 aromatic rings. The van der Waals surface area contributed by atoms with Crippen molar-refractivity contribution in [3.05, 3.63) is 41.1 Å². The summed E-state index contributed by atoms with van der Waals surface area (Å²) in [5.41, 5.74) is 2.96. The molecular weight excluding hydrogens is 414 g/mol. The molecule has 4 heterocycles. The molecule has 2 saturated heterocycles. The monoisotopic (exact) mass is 443 g/mol. The zero-order valence-electron chi connectivity index (χ0n) is 18.0. The van der Waals surface area contributed by atoms with Crippen LogP contribution >= 0.6 is 0 Å². The third-order valence-electron chi connectivity index (χ3n) is 6.35. The van der Waals surface area contributed by atoms with Crippen molar-refractivity contribution in [3.63, 3.8) is 0 Å². The normalized spacial score (nSPS) is 20.2. The highest BCUT2D eigenvalue weighted by atomic mass is 32.2. The van der Waals surface area contributed by atoms with Crippen molar-refractivity contribution in [2.45, 2.75) is 37.6 Å². The van der Waals surface area contributed by atoms with Gasteiger partial charge < -0.3 is 14.5 Å². The fraction of sp³-hybridized carbons (Fsp3) is 0.545. The molecule has 8 nitrogen and oxygen atoms in total. The molecule has 9 heteroatoms. The molecule has 0 radical (unpaired) electrons. The lowest BCUT2D eigenvalue weighted by molar-refractivity contribution is 0.122. The fourth-order valence-electron chi connectivity index (χ4n) is 4.52. The highest BCUT2D eigenvalue weighted by Gasteiger charge is 2.33. The molecule has 0 atom stereocenters. The van der Waals surface area contributed by atoms with E-state index in [1.165, 1.54) is 0 Å². The predicted molar refractivity (Wildman–Crippen MR) is 119 cm³/mol. The van der Waals surface area contributed by atoms with Gasteiger partial charge in [0.2, 0.25) is 16.0 Å². The van der Waals surface area contributed by atoms with E-state index in [0.29, 0.717) is 37.6 Å². The van der Waals surface area contributed by atoms with Crippen LogP contribution in [0, 0.1) is 6.92 Å². The zero-order chi connectivity index (χ0) is 21.4. The number of aryl methyl sites for hydroxylation is 1. The van der Waals surface area contributed by atoms with Gasteiger partial charge in [0, 0.05) is 51.3 Å². The first-order chi connectivity index (χ1) is 15.0. The molecule has 3 aliphatic heterocycles. The first-order valence-corrected chi connectivity index (χ1v) is 12.5. The van der Waals surface area contributed by atoms with Crippen molar-refractivity contribution in [3.8, 4) is 0 Å². The van der Waals surface area contributed by atoms with Gasteiger partial charge in [-0.25, -0.2) is 13.4 Å². The molecule has 0 N–H and O–H groups in total. The number of fused-ring (bicyclic) bond motifs is 1. The first-order valence-electron chi connectivity index (χ1n) is 11.1. The standard InChI is InChI=1S/C22H29N5O3S/c1-17-4-6-18(7-5-17)31(28,29)27-11-8-20-19(16-27)21(25-12-14-30-15-13-25)24-22(23-20)26-9-2-3-10-26/h4-7H,2-3,8-16H2,1H3. The van der Waals surface area contributed by atoms with E-state index in [2.05, 4.69) is 9.80 Å². The van der Waals surface area contributed by atoms with Gasteiger partial charge in [0.15, 0.2) is 0 Å². The predicted octanol–water partition coefficient (Wildman–Crippen LogP) is 1.97. The Kier molecular flexibility index (Phi) is 5.58. The molecule has 1 aromatic heterocycles. The first kappa shape index (κ1) is 20.7. The molecule has 1 aromatic carbocycles. The third kappa shape index (κ3) is 4.02. The number of ether oxygens (including phenoxy) is 1. The second-order valence-corrected chi connectivity index (χ2v) is 10.4. The van der Waals surface area contributed by atoms with Crippen LogP contribution in [0.25, 0.3) is 0 Å². The molecule has 166 valence electrons. The Bertz CT molecular complexity index is 1050. The maximum atomic E-state index is 13.3. The van der Waals surface area contributed by atoms with E-state index in [9.17, 15) is 8.42 Å². The minimum Gasteiger partial charge on any atom is -0.378 e. The van der Waals surface area contributed by atoms with Gasteiger partial charge in [0.25, 0.3) is 0 Å². The Labute approximate surface area is 183 Å². The molecule has 3 aliphatic rings. The Balaban J connectivity index is 1.51. The zero-order valence-corrected chi connectivity index (χ0v) is 18.8. The summed E-state index contributed by atoms with van der Waals surface area (Å²) in [5, 5.41) is 0. The van der Waals surface area contributed by atoms with Crippen LogP contribution in [-0.4, -0.2) is 68.6 Å². The SMILES string of the molecule is Cc1ccc(S(=O)(=O)N2CCc3nc(N4CCCC4)nc(N4CCOCC4)c3C2)cc1. The average Bonchev–Trinajstić information content (AvgIpc) is 3.34. The molecule has 0 amide bonds. The minimum atomic E-state index is -3.57. The smallest absolute Gasteiger partial charge is 0.243 e. The topological polar surface area (TPSA) is 78.9 Å². The molecule has 0 unspecified atom stereocenters. The highest BCUT2D eigenvalue weighted by Crippen LogP contribution is 2.32. The van der Waals surface area contributed by atoms with Gasteiger partial charge in [-0.15, -0.1) is 0 Å². The lowest BCUT2D eigenvalue weighted by Gasteiger charge is -2.34. The number of anilines is 2. The maximum Gasteiger partial charge on any atom is 0.243 e. The number of hydrogen-bond donors (Lipinski definition) is 0. The van der Waals surface area contributed by atoms with Crippen molar-refractivity contribution in [1.82, 2.24) is 14.3 Å². The van der Waals surface area contributed by atoms with Gasteiger partial charge in [0.1, 0.15) is 5.82 Å². The number of hydrogen-bond acceptors (Lipinski definition) is 7. The Morgan fingerprint density at radius 3 is 2.32 bits per heavy atom. The van der Waals surface area contributed by atoms with E-state index >= 15 is 0 Å². The molecule has 31 heavy (non-hydrogen) atoms. The average molecular weight is 444 g/mol. The number of sulfonamides is 1. The fourth-order valence-corrected chi connectivity index (χ4v) is 5.93. The summed E-state index contributed by atoms with van der Waals surface area (Å²) in [6.45, 7) is 7.48. The van der Waals surface area contributed by atoms with Crippen LogP contribution in [0.2, 0.25) is 0 Å². The van der Waals surface area contributed by atoms with E-state index in [1.54, 1.807) is 16.4 Å².